The van der Waals surface area contributed by atoms with E-state index in [0.717, 1.165) is 114 Å². The fourth-order valence-electron chi connectivity index (χ4n) is 10.4. The Morgan fingerprint density at radius 3 is 0.798 bits per heavy atom. The molecule has 0 aromatic carbocycles. The molecule has 6 unspecified atom stereocenters. The van der Waals surface area contributed by atoms with E-state index < -0.39 is 97.5 Å². The number of rotatable bonds is 67. The van der Waals surface area contributed by atoms with Gasteiger partial charge in [-0.25, -0.2) is 9.13 Å². The van der Waals surface area contributed by atoms with E-state index in [1.807, 2.05) is 0 Å². The quantitative estimate of drug-likeness (QED) is 0.0222. The van der Waals surface area contributed by atoms with Crippen LogP contribution in [0.5, 0.6) is 0 Å². The molecule has 17 nitrogen and oxygen atoms in total. The monoisotopic (exact) mass is 1310 g/mol. The molecule has 0 bridgehead atoms. The van der Waals surface area contributed by atoms with Crippen molar-refractivity contribution >= 4 is 39.5 Å². The predicted octanol–water partition coefficient (Wildman–Crippen LogP) is 19.7. The smallest absolute Gasteiger partial charge is 0.462 e. The van der Waals surface area contributed by atoms with Crippen molar-refractivity contribution in [2.75, 3.05) is 39.6 Å². The third-order valence-electron chi connectivity index (χ3n) is 17.2. The van der Waals surface area contributed by atoms with Crippen molar-refractivity contribution in [3.63, 3.8) is 0 Å². The fraction of sp³-hybridized carbons (Fsp3) is 0.943. The number of phosphoric ester groups is 2. The molecule has 528 valence electrons. The van der Waals surface area contributed by atoms with Crippen LogP contribution in [0, 0.1) is 23.7 Å². The summed E-state index contributed by atoms with van der Waals surface area (Å²) in [5, 5.41) is 10.6. The van der Waals surface area contributed by atoms with Crippen LogP contribution in [-0.4, -0.2) is 96.7 Å². The van der Waals surface area contributed by atoms with E-state index in [9.17, 15) is 43.2 Å². The molecule has 0 aliphatic rings. The molecule has 0 aromatic heterocycles. The lowest BCUT2D eigenvalue weighted by atomic mass is 9.99. The van der Waals surface area contributed by atoms with Crippen LogP contribution in [0.1, 0.15) is 344 Å². The first-order valence-electron chi connectivity index (χ1n) is 36.3. The molecule has 3 N–H and O–H groups in total. The second-order valence-corrected chi connectivity index (χ2v) is 29.4. The number of carbonyl (C=O) groups is 4. The van der Waals surface area contributed by atoms with Crippen LogP contribution in [-0.2, 0) is 65.4 Å². The van der Waals surface area contributed by atoms with E-state index in [1.165, 1.54) is 148 Å². The van der Waals surface area contributed by atoms with Crippen LogP contribution in [0.25, 0.3) is 0 Å². The van der Waals surface area contributed by atoms with Crippen LogP contribution in [0.2, 0.25) is 0 Å². The van der Waals surface area contributed by atoms with Gasteiger partial charge in [-0.05, 0) is 49.4 Å². The third kappa shape index (κ3) is 60.7. The molecule has 0 amide bonds. The summed E-state index contributed by atoms with van der Waals surface area (Å²) in [6, 6.07) is 0. The topological polar surface area (TPSA) is 237 Å². The number of carbonyl (C=O) groups excluding carboxylic acids is 4. The van der Waals surface area contributed by atoms with E-state index in [4.69, 9.17) is 37.0 Å². The minimum Gasteiger partial charge on any atom is -0.462 e. The molecule has 0 aliphatic carbocycles. The highest BCUT2D eigenvalue weighted by Gasteiger charge is 2.30. The van der Waals surface area contributed by atoms with Gasteiger partial charge in [-0.3, -0.25) is 37.3 Å². The third-order valence-corrected chi connectivity index (χ3v) is 19.1. The summed E-state index contributed by atoms with van der Waals surface area (Å²) < 4.78 is 68.2. The zero-order valence-electron chi connectivity index (χ0n) is 58.1. The molecule has 0 saturated carbocycles. The van der Waals surface area contributed by atoms with Gasteiger partial charge in [-0.1, -0.05) is 293 Å². The van der Waals surface area contributed by atoms with Gasteiger partial charge < -0.3 is 33.8 Å². The lowest BCUT2D eigenvalue weighted by molar-refractivity contribution is -0.161. The first-order valence-corrected chi connectivity index (χ1v) is 39.3. The van der Waals surface area contributed by atoms with Gasteiger partial charge in [0.25, 0.3) is 0 Å². The summed E-state index contributed by atoms with van der Waals surface area (Å²) in [5.74, 6) is 0.881. The lowest BCUT2D eigenvalue weighted by Crippen LogP contribution is -2.30. The number of hydrogen-bond acceptors (Lipinski definition) is 15. The van der Waals surface area contributed by atoms with Gasteiger partial charge in [0.1, 0.15) is 19.3 Å². The molecule has 0 aromatic rings. The summed E-state index contributed by atoms with van der Waals surface area (Å²) >= 11 is 0. The number of phosphoric acid groups is 2. The Balaban J connectivity index is 5.20. The van der Waals surface area contributed by atoms with Crippen LogP contribution in [0.4, 0.5) is 0 Å². The van der Waals surface area contributed by atoms with Gasteiger partial charge in [0.15, 0.2) is 12.2 Å². The van der Waals surface area contributed by atoms with Crippen molar-refractivity contribution in [3.05, 3.63) is 0 Å². The molecule has 0 rings (SSSR count). The van der Waals surface area contributed by atoms with Crippen molar-refractivity contribution in [2.24, 2.45) is 23.7 Å². The van der Waals surface area contributed by atoms with Crippen LogP contribution < -0.4 is 0 Å². The minimum atomic E-state index is -4.95. The zero-order chi connectivity index (χ0) is 66.1. The van der Waals surface area contributed by atoms with Gasteiger partial charge in [-0.15, -0.1) is 0 Å². The maximum atomic E-state index is 13.0. The van der Waals surface area contributed by atoms with E-state index in [2.05, 4.69) is 55.4 Å². The molecule has 0 aliphatic heterocycles. The van der Waals surface area contributed by atoms with Gasteiger partial charge in [0.05, 0.1) is 26.4 Å². The van der Waals surface area contributed by atoms with Gasteiger partial charge in [0.2, 0.25) is 0 Å². The SMILES string of the molecule is CCC(C)CCCCCCCCCCCCCCCCC(=O)OC[C@H](COP(=O)(O)OCC(O)COP(=O)(O)OC[C@@H](COC(=O)CCCCCCCCCCC(C)C)OC(=O)CCCCCCCCC(C)CC)OC(=O)CCCCCCCCC(C)CC. The second-order valence-electron chi connectivity index (χ2n) is 26.5. The molecule has 89 heavy (non-hydrogen) atoms. The Labute approximate surface area is 543 Å². The molecular weight excluding hydrogens is 1170 g/mol. The van der Waals surface area contributed by atoms with E-state index in [-0.39, 0.29) is 25.7 Å². The highest BCUT2D eigenvalue weighted by atomic mass is 31.2. The number of aliphatic hydroxyl groups is 1. The van der Waals surface area contributed by atoms with Crippen molar-refractivity contribution in [1.29, 1.82) is 0 Å². The molecule has 8 atom stereocenters. The van der Waals surface area contributed by atoms with Gasteiger partial charge >= 0.3 is 39.5 Å². The molecule has 0 fully saturated rings. The number of aliphatic hydroxyl groups excluding tert-OH is 1. The minimum absolute atomic E-state index is 0.102. The molecule has 19 heteroatoms. The van der Waals surface area contributed by atoms with Crippen molar-refractivity contribution in [3.8, 4) is 0 Å². The Morgan fingerprint density at radius 1 is 0.315 bits per heavy atom. The molecule has 0 heterocycles. The van der Waals surface area contributed by atoms with E-state index in [1.54, 1.807) is 0 Å². The Kier molecular flexibility index (Phi) is 58.5. The van der Waals surface area contributed by atoms with Crippen LogP contribution in [0.3, 0.4) is 0 Å². The first kappa shape index (κ1) is 87.1. The maximum Gasteiger partial charge on any atom is 0.472 e. The van der Waals surface area contributed by atoms with Crippen molar-refractivity contribution < 1.29 is 80.2 Å². The molecular formula is C70H136O17P2. The number of hydrogen-bond donors (Lipinski definition) is 3. The largest absolute Gasteiger partial charge is 0.472 e. The summed E-state index contributed by atoms with van der Waals surface area (Å²) in [7, 11) is -9.90. The highest BCUT2D eigenvalue weighted by Crippen LogP contribution is 2.45. The maximum absolute atomic E-state index is 13.0. The molecule has 0 spiro atoms. The average Bonchev–Trinajstić information content (AvgIpc) is 3.61. The predicted molar refractivity (Wildman–Crippen MR) is 358 cm³/mol. The van der Waals surface area contributed by atoms with Gasteiger partial charge in [-0.2, -0.15) is 0 Å². The van der Waals surface area contributed by atoms with Crippen LogP contribution in [0.15, 0.2) is 0 Å². The highest BCUT2D eigenvalue weighted by molar-refractivity contribution is 7.47. The summed E-state index contributed by atoms with van der Waals surface area (Å²) in [4.78, 5) is 72.5. The Bertz CT molecular complexity index is 1770. The van der Waals surface area contributed by atoms with E-state index >= 15 is 0 Å². The summed E-state index contributed by atoms with van der Waals surface area (Å²) in [6.45, 7) is 14.1. The molecule has 0 saturated heterocycles. The lowest BCUT2D eigenvalue weighted by Gasteiger charge is -2.21. The first-order chi connectivity index (χ1) is 42.7. The second kappa shape index (κ2) is 59.8. The summed E-state index contributed by atoms with van der Waals surface area (Å²) in [5.41, 5.74) is 0. The average molecular weight is 1310 g/mol. The fourth-order valence-corrected chi connectivity index (χ4v) is 12.0. The molecule has 0 radical (unpaired) electrons. The number of esters is 4. The Morgan fingerprint density at radius 2 is 0.539 bits per heavy atom. The van der Waals surface area contributed by atoms with Crippen molar-refractivity contribution in [2.45, 2.75) is 363 Å². The van der Waals surface area contributed by atoms with E-state index in [0.29, 0.717) is 25.7 Å². The number of ether oxygens (including phenoxy) is 4. The normalized spacial score (nSPS) is 15.2. The number of unbranched alkanes of at least 4 members (excludes halogenated alkanes) is 30. The van der Waals surface area contributed by atoms with Gasteiger partial charge in [0, 0.05) is 25.7 Å². The van der Waals surface area contributed by atoms with Crippen LogP contribution >= 0.6 is 15.6 Å². The van der Waals surface area contributed by atoms with Crippen molar-refractivity contribution in [1.82, 2.24) is 0 Å². The Hall–Kier alpha value is -1.94. The summed E-state index contributed by atoms with van der Waals surface area (Å²) in [6.07, 6.45) is 41.8. The standard InChI is InChI=1S/C70H136O17P2/c1-9-61(6)47-39-31-23-18-16-14-12-13-15-17-19-24-34-42-50-67(72)80-56-65(86-69(74)52-44-36-28-26-32-40-48-62(7)10-2)58-84-88(76,77)82-54-64(71)55-83-89(78,79)85-59-66(87-70(75)53-45-37-29-27-33-41-49-63(8)11-3)57-81-68(73)51-43-35-25-21-20-22-30-38-46-60(4)5/h60-66,71H,9-59H2,1-8H3,(H,76,77)(H,78,79)/t61?,62?,63?,64?,65-,66-/m1/s1. The zero-order valence-corrected chi connectivity index (χ0v) is 59.8.